The predicted molar refractivity (Wildman–Crippen MR) is 321 cm³/mol. The standard InChI is InChI=1S/C68H128O6/c1-4-7-10-13-16-19-22-25-28-31-33-35-37-40-43-46-49-52-55-58-61-67(70)73-64-65(63-72-66(69)60-57-54-51-48-45-42-39-36-30-27-24-21-18-15-12-9-6-3)74-68(71)62-59-56-53-50-47-44-41-38-34-32-29-26-23-20-17-14-11-8-5-2/h17,20,26,29,65H,4-16,18-19,21-25,27-28,30-64H2,1-3H3/b20-17-,29-26-. The Morgan fingerprint density at radius 1 is 0.270 bits per heavy atom. The van der Waals surface area contributed by atoms with E-state index in [2.05, 4.69) is 45.1 Å². The highest BCUT2D eigenvalue weighted by molar-refractivity contribution is 5.71. The molecule has 0 spiro atoms. The van der Waals surface area contributed by atoms with Gasteiger partial charge in [0.25, 0.3) is 0 Å². The van der Waals surface area contributed by atoms with Crippen molar-refractivity contribution >= 4 is 17.9 Å². The average Bonchev–Trinajstić information content (AvgIpc) is 3.40. The first-order valence-corrected chi connectivity index (χ1v) is 33.3. The molecule has 1 atom stereocenters. The van der Waals surface area contributed by atoms with E-state index in [0.717, 1.165) is 64.2 Å². The van der Waals surface area contributed by atoms with Gasteiger partial charge in [-0.15, -0.1) is 0 Å². The van der Waals surface area contributed by atoms with Gasteiger partial charge in [-0.25, -0.2) is 0 Å². The zero-order valence-corrected chi connectivity index (χ0v) is 50.1. The predicted octanol–water partition coefficient (Wildman–Crippen LogP) is 22.6. The Balaban J connectivity index is 4.31. The topological polar surface area (TPSA) is 78.9 Å². The van der Waals surface area contributed by atoms with Gasteiger partial charge in [0, 0.05) is 19.3 Å². The van der Waals surface area contributed by atoms with Gasteiger partial charge < -0.3 is 14.2 Å². The normalized spacial score (nSPS) is 12.1. The summed E-state index contributed by atoms with van der Waals surface area (Å²) in [5.41, 5.74) is 0. The van der Waals surface area contributed by atoms with Crippen LogP contribution in [0.25, 0.3) is 0 Å². The molecule has 0 bridgehead atoms. The maximum atomic E-state index is 12.9. The summed E-state index contributed by atoms with van der Waals surface area (Å²) in [7, 11) is 0. The molecule has 0 aliphatic carbocycles. The molecule has 0 N–H and O–H groups in total. The van der Waals surface area contributed by atoms with E-state index in [1.165, 1.54) is 270 Å². The molecule has 6 nitrogen and oxygen atoms in total. The lowest BCUT2D eigenvalue weighted by Crippen LogP contribution is -2.30. The van der Waals surface area contributed by atoms with Crippen LogP contribution in [-0.4, -0.2) is 37.2 Å². The Morgan fingerprint density at radius 2 is 0.486 bits per heavy atom. The number of hydrogen-bond acceptors (Lipinski definition) is 6. The van der Waals surface area contributed by atoms with E-state index in [-0.39, 0.29) is 31.1 Å². The van der Waals surface area contributed by atoms with Crippen LogP contribution in [0.2, 0.25) is 0 Å². The van der Waals surface area contributed by atoms with E-state index in [0.29, 0.717) is 19.3 Å². The van der Waals surface area contributed by atoms with Crippen molar-refractivity contribution in [1.82, 2.24) is 0 Å². The third-order valence-corrected chi connectivity index (χ3v) is 15.2. The van der Waals surface area contributed by atoms with Crippen LogP contribution in [0.1, 0.15) is 374 Å². The molecule has 0 fully saturated rings. The zero-order valence-electron chi connectivity index (χ0n) is 50.1. The Morgan fingerprint density at radius 3 is 0.770 bits per heavy atom. The third kappa shape index (κ3) is 60.8. The van der Waals surface area contributed by atoms with Gasteiger partial charge in [0.2, 0.25) is 0 Å². The van der Waals surface area contributed by atoms with Gasteiger partial charge in [-0.05, 0) is 51.4 Å². The highest BCUT2D eigenvalue weighted by Gasteiger charge is 2.19. The summed E-state index contributed by atoms with van der Waals surface area (Å²) < 4.78 is 17.0. The van der Waals surface area contributed by atoms with Gasteiger partial charge in [0.1, 0.15) is 13.2 Å². The van der Waals surface area contributed by atoms with Crippen LogP contribution in [0, 0.1) is 0 Å². The van der Waals surface area contributed by atoms with Crippen LogP contribution in [-0.2, 0) is 28.6 Å². The Bertz CT molecular complexity index is 1190. The molecule has 0 aromatic heterocycles. The van der Waals surface area contributed by atoms with Gasteiger partial charge in [-0.3, -0.25) is 14.4 Å². The number of unbranched alkanes of at least 4 members (excludes halogenated alkanes) is 47. The molecule has 0 rings (SSSR count). The summed E-state index contributed by atoms with van der Waals surface area (Å²) in [5.74, 6) is -0.839. The summed E-state index contributed by atoms with van der Waals surface area (Å²) in [6.07, 6.45) is 76.1. The molecule has 74 heavy (non-hydrogen) atoms. The van der Waals surface area contributed by atoms with Gasteiger partial charge in [-0.1, -0.05) is 328 Å². The molecule has 0 saturated heterocycles. The average molecular weight is 1040 g/mol. The summed E-state index contributed by atoms with van der Waals surface area (Å²) in [4.78, 5) is 38.4. The lowest BCUT2D eigenvalue weighted by Gasteiger charge is -2.18. The minimum absolute atomic E-state index is 0.0665. The number of rotatable bonds is 62. The van der Waals surface area contributed by atoms with Crippen LogP contribution in [0.4, 0.5) is 0 Å². The summed E-state index contributed by atoms with van der Waals surface area (Å²) >= 11 is 0. The van der Waals surface area contributed by atoms with Crippen molar-refractivity contribution in [2.45, 2.75) is 380 Å². The molecule has 436 valence electrons. The monoisotopic (exact) mass is 1040 g/mol. The Hall–Kier alpha value is -2.11. The fraction of sp³-hybridized carbons (Fsp3) is 0.897. The summed E-state index contributed by atoms with van der Waals surface area (Å²) in [5, 5.41) is 0. The molecular formula is C68H128O6. The molecular weight excluding hydrogens is 913 g/mol. The minimum Gasteiger partial charge on any atom is -0.462 e. The van der Waals surface area contributed by atoms with Crippen molar-refractivity contribution in [3.8, 4) is 0 Å². The number of ether oxygens (including phenoxy) is 3. The third-order valence-electron chi connectivity index (χ3n) is 15.2. The number of carbonyl (C=O) groups is 3. The SMILES string of the molecule is CCCCC/C=C\C/C=C\CCCCCCCCCCCC(=O)OC(COC(=O)CCCCCCCCCCCCCCCCCCC)COC(=O)CCCCCCCCCCCCCCCCCCCCCC. The van der Waals surface area contributed by atoms with Crippen LogP contribution in [0.15, 0.2) is 24.3 Å². The maximum absolute atomic E-state index is 12.9. The van der Waals surface area contributed by atoms with E-state index in [9.17, 15) is 14.4 Å². The highest BCUT2D eigenvalue weighted by Crippen LogP contribution is 2.18. The minimum atomic E-state index is -0.770. The largest absolute Gasteiger partial charge is 0.462 e. The molecule has 0 amide bonds. The lowest BCUT2D eigenvalue weighted by atomic mass is 10.0. The Kier molecular flexibility index (Phi) is 61.6. The molecule has 0 heterocycles. The number of carbonyl (C=O) groups excluding carboxylic acids is 3. The smallest absolute Gasteiger partial charge is 0.306 e. The second kappa shape index (κ2) is 63.4. The number of esters is 3. The zero-order chi connectivity index (χ0) is 53.6. The van der Waals surface area contributed by atoms with Gasteiger partial charge >= 0.3 is 17.9 Å². The Labute approximate surface area is 462 Å². The van der Waals surface area contributed by atoms with Crippen LogP contribution >= 0.6 is 0 Å². The molecule has 0 aliphatic rings. The molecule has 0 aromatic carbocycles. The van der Waals surface area contributed by atoms with Gasteiger partial charge in [0.05, 0.1) is 0 Å². The molecule has 1 unspecified atom stereocenters. The van der Waals surface area contributed by atoms with Crippen LogP contribution in [0.5, 0.6) is 0 Å². The quantitative estimate of drug-likeness (QED) is 0.0261. The summed E-state index contributed by atoms with van der Waals surface area (Å²) in [6.45, 7) is 6.69. The van der Waals surface area contributed by atoms with E-state index in [4.69, 9.17) is 14.2 Å². The van der Waals surface area contributed by atoms with Crippen LogP contribution in [0.3, 0.4) is 0 Å². The first kappa shape index (κ1) is 71.9. The summed E-state index contributed by atoms with van der Waals surface area (Å²) in [6, 6.07) is 0. The van der Waals surface area contributed by atoms with Crippen molar-refractivity contribution < 1.29 is 28.6 Å². The van der Waals surface area contributed by atoms with Crippen molar-refractivity contribution in [3.05, 3.63) is 24.3 Å². The second-order valence-corrected chi connectivity index (χ2v) is 22.7. The second-order valence-electron chi connectivity index (χ2n) is 22.7. The molecule has 0 radical (unpaired) electrons. The number of hydrogen-bond donors (Lipinski definition) is 0. The van der Waals surface area contributed by atoms with E-state index in [1.807, 2.05) is 0 Å². The molecule has 0 aromatic rings. The van der Waals surface area contributed by atoms with Crippen LogP contribution < -0.4 is 0 Å². The lowest BCUT2D eigenvalue weighted by molar-refractivity contribution is -0.167. The molecule has 0 aliphatic heterocycles. The van der Waals surface area contributed by atoms with E-state index < -0.39 is 6.10 Å². The fourth-order valence-electron chi connectivity index (χ4n) is 10.2. The highest BCUT2D eigenvalue weighted by atomic mass is 16.6. The number of allylic oxidation sites excluding steroid dienone is 4. The van der Waals surface area contributed by atoms with Gasteiger partial charge in [0.15, 0.2) is 6.10 Å². The van der Waals surface area contributed by atoms with E-state index >= 15 is 0 Å². The van der Waals surface area contributed by atoms with Crippen molar-refractivity contribution in [2.75, 3.05) is 13.2 Å². The maximum Gasteiger partial charge on any atom is 0.306 e. The van der Waals surface area contributed by atoms with Crippen molar-refractivity contribution in [3.63, 3.8) is 0 Å². The van der Waals surface area contributed by atoms with Crippen molar-refractivity contribution in [1.29, 1.82) is 0 Å². The van der Waals surface area contributed by atoms with Crippen molar-refractivity contribution in [2.24, 2.45) is 0 Å². The molecule has 6 heteroatoms. The fourth-order valence-corrected chi connectivity index (χ4v) is 10.2. The van der Waals surface area contributed by atoms with E-state index in [1.54, 1.807) is 0 Å². The first-order chi connectivity index (χ1) is 36.5. The van der Waals surface area contributed by atoms with Gasteiger partial charge in [-0.2, -0.15) is 0 Å². The first-order valence-electron chi connectivity index (χ1n) is 33.3. The molecule has 0 saturated carbocycles.